The lowest BCUT2D eigenvalue weighted by Crippen LogP contribution is -2.20. The fourth-order valence-corrected chi connectivity index (χ4v) is 3.84. The molecule has 0 saturated carbocycles. The van der Waals surface area contributed by atoms with Gasteiger partial charge in [-0.3, -0.25) is 9.36 Å². The lowest BCUT2D eigenvalue weighted by atomic mass is 10.1. The summed E-state index contributed by atoms with van der Waals surface area (Å²) in [5, 5.41) is 13.8. The minimum Gasteiger partial charge on any atom is -0.272 e. The summed E-state index contributed by atoms with van der Waals surface area (Å²) in [6, 6.07) is 21.1. The van der Waals surface area contributed by atoms with Crippen molar-refractivity contribution < 1.29 is 9.18 Å². The molecule has 0 saturated heterocycles. The first-order valence-electron chi connectivity index (χ1n) is 9.98. The number of nitrogens with one attached hydrogen (secondary N) is 1. The Bertz CT molecular complexity index is 1270. The largest absolute Gasteiger partial charge is 0.272 e. The molecular formula is C24H19ClFN5OS. The third kappa shape index (κ3) is 5.85. The summed E-state index contributed by atoms with van der Waals surface area (Å²) in [6.07, 6.45) is 1.45. The lowest BCUT2D eigenvalue weighted by molar-refractivity contribution is -0.118. The van der Waals surface area contributed by atoms with E-state index in [1.165, 1.54) is 30.1 Å². The van der Waals surface area contributed by atoms with Gasteiger partial charge in [0.15, 0.2) is 11.0 Å². The van der Waals surface area contributed by atoms with E-state index in [-0.39, 0.29) is 17.5 Å². The first kappa shape index (κ1) is 22.7. The highest BCUT2D eigenvalue weighted by Crippen LogP contribution is 2.28. The Morgan fingerprint density at radius 3 is 2.45 bits per heavy atom. The Morgan fingerprint density at radius 2 is 1.76 bits per heavy atom. The molecule has 0 aliphatic rings. The van der Waals surface area contributed by atoms with E-state index in [1.54, 1.807) is 24.3 Å². The maximum atomic E-state index is 13.0. The van der Waals surface area contributed by atoms with Crippen molar-refractivity contribution in [1.82, 2.24) is 20.2 Å². The Balaban J connectivity index is 1.51. The minimum atomic E-state index is -0.331. The zero-order chi connectivity index (χ0) is 23.2. The molecule has 0 atom stereocenters. The van der Waals surface area contributed by atoms with Crippen LogP contribution in [0.2, 0.25) is 5.02 Å². The number of rotatable bonds is 7. The zero-order valence-electron chi connectivity index (χ0n) is 17.6. The molecule has 4 aromatic rings. The summed E-state index contributed by atoms with van der Waals surface area (Å²) in [5.74, 6) is 0.110. The molecule has 0 aliphatic heterocycles. The standard InChI is InChI=1S/C24H19ClFN5OS/c1-16-2-6-18(7-3-16)23-29-30-24(31(23)21-12-8-19(25)9-13-21)33-15-22(32)28-27-14-17-4-10-20(26)11-5-17/h2-14H,15H2,1H3,(H,28,32)/b27-14-. The molecule has 0 spiro atoms. The molecule has 9 heteroatoms. The molecule has 33 heavy (non-hydrogen) atoms. The Hall–Kier alpha value is -3.49. The van der Waals surface area contributed by atoms with Crippen LogP contribution in [0.1, 0.15) is 11.1 Å². The molecule has 0 unspecified atom stereocenters. The van der Waals surface area contributed by atoms with Crippen LogP contribution in [0, 0.1) is 12.7 Å². The van der Waals surface area contributed by atoms with Crippen LogP contribution in [-0.2, 0) is 4.79 Å². The number of thioether (sulfide) groups is 1. The van der Waals surface area contributed by atoms with Gasteiger partial charge in [0, 0.05) is 16.3 Å². The number of hydrogen-bond acceptors (Lipinski definition) is 5. The van der Waals surface area contributed by atoms with E-state index in [4.69, 9.17) is 11.6 Å². The highest BCUT2D eigenvalue weighted by molar-refractivity contribution is 7.99. The van der Waals surface area contributed by atoms with E-state index in [1.807, 2.05) is 47.9 Å². The second-order valence-electron chi connectivity index (χ2n) is 7.12. The molecule has 4 rings (SSSR count). The number of hydrazone groups is 1. The SMILES string of the molecule is Cc1ccc(-c2nnc(SCC(=O)N/N=C\c3ccc(F)cc3)n2-c2ccc(Cl)cc2)cc1. The van der Waals surface area contributed by atoms with Crippen molar-refractivity contribution in [3.63, 3.8) is 0 Å². The van der Waals surface area contributed by atoms with Gasteiger partial charge < -0.3 is 0 Å². The van der Waals surface area contributed by atoms with Crippen molar-refractivity contribution in [1.29, 1.82) is 0 Å². The van der Waals surface area contributed by atoms with Gasteiger partial charge >= 0.3 is 0 Å². The highest BCUT2D eigenvalue weighted by atomic mass is 35.5. The third-order valence-electron chi connectivity index (χ3n) is 4.63. The first-order valence-corrected chi connectivity index (χ1v) is 11.3. The van der Waals surface area contributed by atoms with E-state index in [9.17, 15) is 9.18 Å². The molecule has 1 N–H and O–H groups in total. The Morgan fingerprint density at radius 1 is 1.06 bits per heavy atom. The monoisotopic (exact) mass is 479 g/mol. The van der Waals surface area contributed by atoms with Crippen LogP contribution in [0.25, 0.3) is 17.1 Å². The summed E-state index contributed by atoms with van der Waals surface area (Å²) in [4.78, 5) is 12.3. The van der Waals surface area contributed by atoms with Gasteiger partial charge in [0.25, 0.3) is 5.91 Å². The van der Waals surface area contributed by atoms with Gasteiger partial charge in [0.2, 0.25) is 0 Å². The number of halogens is 2. The van der Waals surface area contributed by atoms with Gasteiger partial charge in [-0.05, 0) is 48.9 Å². The Labute approximate surface area is 199 Å². The van der Waals surface area contributed by atoms with E-state index in [0.717, 1.165) is 16.8 Å². The number of aromatic nitrogens is 3. The quantitative estimate of drug-likeness (QED) is 0.222. The summed E-state index contributed by atoms with van der Waals surface area (Å²) >= 11 is 7.30. The van der Waals surface area contributed by atoms with E-state index < -0.39 is 0 Å². The summed E-state index contributed by atoms with van der Waals surface area (Å²) in [6.45, 7) is 2.02. The molecule has 6 nitrogen and oxygen atoms in total. The molecule has 0 fully saturated rings. The maximum absolute atomic E-state index is 13.0. The number of carbonyl (C=O) groups excluding carboxylic acids is 1. The van der Waals surface area contributed by atoms with Crippen LogP contribution in [0.15, 0.2) is 83.1 Å². The van der Waals surface area contributed by atoms with Gasteiger partial charge in [-0.15, -0.1) is 10.2 Å². The number of nitrogens with zero attached hydrogens (tertiary/aromatic N) is 4. The molecule has 3 aromatic carbocycles. The van der Waals surface area contributed by atoms with Crippen molar-refractivity contribution in [3.8, 4) is 17.1 Å². The van der Waals surface area contributed by atoms with Crippen LogP contribution in [-0.4, -0.2) is 32.6 Å². The number of carbonyl (C=O) groups is 1. The molecule has 1 aromatic heterocycles. The van der Waals surface area contributed by atoms with E-state index in [0.29, 0.717) is 21.6 Å². The van der Waals surface area contributed by atoms with Crippen molar-refractivity contribution in [3.05, 3.63) is 94.8 Å². The normalized spacial score (nSPS) is 11.1. The number of amides is 1. The van der Waals surface area contributed by atoms with Crippen LogP contribution in [0.3, 0.4) is 0 Å². The van der Waals surface area contributed by atoms with Crippen LogP contribution in [0.5, 0.6) is 0 Å². The lowest BCUT2D eigenvalue weighted by Gasteiger charge is -2.10. The molecule has 0 aliphatic carbocycles. The molecule has 1 amide bonds. The second-order valence-corrected chi connectivity index (χ2v) is 8.50. The van der Waals surface area contributed by atoms with Crippen molar-refractivity contribution in [2.45, 2.75) is 12.1 Å². The molecule has 1 heterocycles. The van der Waals surface area contributed by atoms with E-state index in [2.05, 4.69) is 20.7 Å². The van der Waals surface area contributed by atoms with Crippen molar-refractivity contribution >= 4 is 35.5 Å². The smallest absolute Gasteiger partial charge is 0.250 e. The maximum Gasteiger partial charge on any atom is 0.250 e. The predicted octanol–water partition coefficient (Wildman–Crippen LogP) is 5.28. The second kappa shape index (κ2) is 10.4. The third-order valence-corrected chi connectivity index (χ3v) is 5.81. The number of benzene rings is 3. The minimum absolute atomic E-state index is 0.0837. The van der Waals surface area contributed by atoms with Gasteiger partial charge in [-0.2, -0.15) is 5.10 Å². The van der Waals surface area contributed by atoms with Crippen molar-refractivity contribution in [2.24, 2.45) is 5.10 Å². The summed E-state index contributed by atoms with van der Waals surface area (Å²) in [5.41, 5.74) is 6.02. The number of aryl methyl sites for hydroxylation is 1. The van der Waals surface area contributed by atoms with Gasteiger partial charge in [0.1, 0.15) is 5.82 Å². The van der Waals surface area contributed by atoms with E-state index >= 15 is 0 Å². The molecule has 0 radical (unpaired) electrons. The van der Waals surface area contributed by atoms with Crippen LogP contribution in [0.4, 0.5) is 4.39 Å². The summed E-state index contributed by atoms with van der Waals surface area (Å²) in [7, 11) is 0. The topological polar surface area (TPSA) is 72.2 Å². The highest BCUT2D eigenvalue weighted by Gasteiger charge is 2.17. The van der Waals surface area contributed by atoms with Gasteiger partial charge in [0.05, 0.1) is 12.0 Å². The molecule has 166 valence electrons. The molecule has 0 bridgehead atoms. The van der Waals surface area contributed by atoms with Gasteiger partial charge in [-0.25, -0.2) is 9.82 Å². The Kier molecular flexibility index (Phi) is 7.16. The number of hydrogen-bond donors (Lipinski definition) is 1. The van der Waals surface area contributed by atoms with Crippen LogP contribution < -0.4 is 5.43 Å². The van der Waals surface area contributed by atoms with Crippen LogP contribution >= 0.6 is 23.4 Å². The zero-order valence-corrected chi connectivity index (χ0v) is 19.1. The fraction of sp³-hybridized carbons (Fsp3) is 0.0833. The average molecular weight is 480 g/mol. The predicted molar refractivity (Wildman–Crippen MR) is 129 cm³/mol. The summed E-state index contributed by atoms with van der Waals surface area (Å²) < 4.78 is 14.9. The van der Waals surface area contributed by atoms with Gasteiger partial charge in [-0.1, -0.05) is 65.3 Å². The fourth-order valence-electron chi connectivity index (χ4n) is 2.97. The molecular weight excluding hydrogens is 461 g/mol. The first-order chi connectivity index (χ1) is 16.0. The van der Waals surface area contributed by atoms with Crippen molar-refractivity contribution in [2.75, 3.05) is 5.75 Å². The average Bonchev–Trinajstić information content (AvgIpc) is 3.24.